The van der Waals surface area contributed by atoms with Gasteiger partial charge in [-0.2, -0.15) is 0 Å². The Morgan fingerprint density at radius 1 is 0.429 bits per heavy atom. The highest BCUT2D eigenvalue weighted by Gasteiger charge is 2.49. The number of benzene rings is 10. The van der Waals surface area contributed by atoms with Gasteiger partial charge in [0.2, 0.25) is 0 Å². The predicted molar refractivity (Wildman–Crippen MR) is 336 cm³/mol. The molecule has 0 fully saturated rings. The van der Waals surface area contributed by atoms with Crippen molar-refractivity contribution in [1.82, 2.24) is 0 Å². The molecule has 2 aliphatic heterocycles. The fourth-order valence-electron chi connectivity index (χ4n) is 13.3. The summed E-state index contributed by atoms with van der Waals surface area (Å²) in [6, 6.07) is 79.0. The van der Waals surface area contributed by atoms with Crippen LogP contribution in [0.1, 0.15) is 78.0 Å². The van der Waals surface area contributed by atoms with E-state index in [1.165, 1.54) is 147 Å². The molecule has 0 N–H and O–H groups in total. The zero-order valence-electron chi connectivity index (χ0n) is 44.8. The minimum Gasteiger partial charge on any atom is -0.376 e. The number of hydrogen-bond acceptors (Lipinski definition) is 4. The fourth-order valence-corrected chi connectivity index (χ4v) is 15.8. The molecule has 10 aromatic carbocycles. The van der Waals surface area contributed by atoms with E-state index in [-0.39, 0.29) is 23.1 Å². The lowest BCUT2D eigenvalue weighted by atomic mass is 9.46. The topological polar surface area (TPSA) is 6.48 Å². The second-order valence-corrected chi connectivity index (χ2v) is 26.5. The third kappa shape index (κ3) is 7.27. The molecule has 5 heteroatoms. The average molecular weight is 1030 g/mol. The second-order valence-electron chi connectivity index (χ2n) is 24.3. The van der Waals surface area contributed by atoms with Crippen molar-refractivity contribution in [3.8, 4) is 44.5 Å². The van der Waals surface area contributed by atoms with Gasteiger partial charge in [-0.3, -0.25) is 0 Å². The van der Waals surface area contributed by atoms with Gasteiger partial charge in [-0.15, -0.1) is 22.7 Å². The standard InChI is InChI=1S/C72H59BN2S2/c1-70(2,3)51-29-32-61(53(39-51)47-23-15-10-16-24-47)74-63-37-50(45-21-13-9-14-22-45)36-57-54-42-65-56(55-35-48-25-17-18-26-49(48)38-64(55)76-65)41-62(54)75(52-30-27-46(28-31-52)44-19-11-8-12-20-44)73(67(57)63)69-68(74)58-40-59-60(43-66(58)77-69)72(6,7)34-33-71(59,4)5/h8-32,35-43H,33-34H2,1-7H3. The van der Waals surface area contributed by atoms with E-state index in [0.717, 1.165) is 6.42 Å². The van der Waals surface area contributed by atoms with E-state index in [2.05, 4.69) is 264 Å². The monoisotopic (exact) mass is 1030 g/mol. The minimum atomic E-state index is -0.140. The number of anilines is 5. The first-order valence-electron chi connectivity index (χ1n) is 27.5. The molecule has 0 amide bonds. The Hall–Kier alpha value is -7.70. The summed E-state index contributed by atoms with van der Waals surface area (Å²) in [6.45, 7) is 16.8. The molecule has 2 aromatic heterocycles. The highest BCUT2D eigenvalue weighted by atomic mass is 32.1. The molecule has 4 heterocycles. The molecule has 0 spiro atoms. The lowest BCUT2D eigenvalue weighted by Gasteiger charge is -2.45. The van der Waals surface area contributed by atoms with Gasteiger partial charge in [0.15, 0.2) is 0 Å². The zero-order valence-corrected chi connectivity index (χ0v) is 46.5. The Morgan fingerprint density at radius 3 is 1.68 bits per heavy atom. The molecule has 15 rings (SSSR count). The number of fused-ring (bicyclic) bond motifs is 11. The molecule has 0 saturated heterocycles. The van der Waals surface area contributed by atoms with Gasteiger partial charge >= 0.3 is 6.85 Å². The van der Waals surface area contributed by atoms with E-state index < -0.39 is 0 Å². The lowest BCUT2D eigenvalue weighted by molar-refractivity contribution is 0.332. The van der Waals surface area contributed by atoms with Crippen molar-refractivity contribution >= 4 is 109 Å². The van der Waals surface area contributed by atoms with Crippen LogP contribution in [0.4, 0.5) is 28.4 Å². The first-order chi connectivity index (χ1) is 37.3. The van der Waals surface area contributed by atoms with E-state index in [1.54, 1.807) is 0 Å². The molecular formula is C72H59BN2S2. The molecule has 0 saturated carbocycles. The van der Waals surface area contributed by atoms with Gasteiger partial charge in [0.05, 0.1) is 11.4 Å². The Morgan fingerprint density at radius 2 is 1.00 bits per heavy atom. The van der Waals surface area contributed by atoms with Crippen molar-refractivity contribution in [3.05, 3.63) is 223 Å². The van der Waals surface area contributed by atoms with E-state index >= 15 is 0 Å². The smallest absolute Gasteiger partial charge is 0.343 e. The maximum absolute atomic E-state index is 2.74. The summed E-state index contributed by atoms with van der Waals surface area (Å²) in [7, 11) is 0. The summed E-state index contributed by atoms with van der Waals surface area (Å²) >= 11 is 3.94. The zero-order chi connectivity index (χ0) is 52.1. The van der Waals surface area contributed by atoms with Crippen molar-refractivity contribution in [1.29, 1.82) is 0 Å². The van der Waals surface area contributed by atoms with Crippen LogP contribution in [0.15, 0.2) is 206 Å². The lowest BCUT2D eigenvalue weighted by Crippen LogP contribution is -2.60. The molecule has 77 heavy (non-hydrogen) atoms. The van der Waals surface area contributed by atoms with Gasteiger partial charge in [0, 0.05) is 63.2 Å². The van der Waals surface area contributed by atoms with Crippen molar-refractivity contribution in [3.63, 3.8) is 0 Å². The van der Waals surface area contributed by atoms with Crippen molar-refractivity contribution in [2.75, 3.05) is 9.71 Å². The van der Waals surface area contributed by atoms with Crippen LogP contribution in [0.25, 0.3) is 85.5 Å². The number of rotatable bonds is 5. The summed E-state index contributed by atoms with van der Waals surface area (Å²) in [5.41, 5.74) is 21.7. The summed E-state index contributed by atoms with van der Waals surface area (Å²) in [5, 5.41) is 6.51. The van der Waals surface area contributed by atoms with Crippen LogP contribution < -0.4 is 20.0 Å². The quantitative estimate of drug-likeness (QED) is 0.159. The number of thiophene rings is 2. The maximum atomic E-state index is 2.74. The van der Waals surface area contributed by atoms with E-state index in [4.69, 9.17) is 0 Å². The van der Waals surface area contributed by atoms with Gasteiger partial charge in [-0.05, 0) is 168 Å². The normalized spacial score (nSPS) is 15.2. The molecule has 2 nitrogen and oxygen atoms in total. The minimum absolute atomic E-state index is 0.0266. The Balaban J connectivity index is 1.10. The average Bonchev–Trinajstić information content (AvgIpc) is 4.26. The molecule has 372 valence electrons. The van der Waals surface area contributed by atoms with Gasteiger partial charge in [-0.1, -0.05) is 182 Å². The molecular weight excluding hydrogens is 968 g/mol. The highest BCUT2D eigenvalue weighted by molar-refractivity contribution is 7.32. The Bertz CT molecular complexity index is 4370. The van der Waals surface area contributed by atoms with Crippen molar-refractivity contribution in [2.24, 2.45) is 0 Å². The van der Waals surface area contributed by atoms with Gasteiger partial charge < -0.3 is 9.71 Å². The van der Waals surface area contributed by atoms with Crippen molar-refractivity contribution < 1.29 is 0 Å². The largest absolute Gasteiger partial charge is 0.376 e. The molecule has 3 aliphatic rings. The van der Waals surface area contributed by atoms with Crippen LogP contribution in [0.3, 0.4) is 0 Å². The van der Waals surface area contributed by atoms with E-state index in [0.29, 0.717) is 0 Å². The van der Waals surface area contributed by atoms with Gasteiger partial charge in [0.1, 0.15) is 0 Å². The molecule has 0 unspecified atom stereocenters. The first-order valence-corrected chi connectivity index (χ1v) is 29.1. The number of hydrogen-bond donors (Lipinski definition) is 0. The maximum Gasteiger partial charge on any atom is 0.343 e. The van der Waals surface area contributed by atoms with Crippen LogP contribution in [0.2, 0.25) is 0 Å². The molecule has 1 aliphatic carbocycles. The van der Waals surface area contributed by atoms with Crippen LogP contribution in [-0.4, -0.2) is 6.85 Å². The van der Waals surface area contributed by atoms with Crippen LogP contribution >= 0.6 is 22.7 Å². The first kappa shape index (κ1) is 46.6. The highest BCUT2D eigenvalue weighted by Crippen LogP contribution is 2.56. The SMILES string of the molecule is CC(C)(C)c1ccc(N2c3cc(-c4ccccc4)cc4c3B(c3sc5cc6c(cc5c32)C(C)(C)CCC6(C)C)N(c2ccc(-c3ccccc3)cc2)c2cc3c(cc2-4)sc2cc4ccccc4cc23)c(-c2ccccc2)c1. The molecule has 0 radical (unpaired) electrons. The predicted octanol–water partition coefficient (Wildman–Crippen LogP) is 19.8. The molecule has 0 bridgehead atoms. The summed E-state index contributed by atoms with van der Waals surface area (Å²) in [4.78, 5) is 5.46. The van der Waals surface area contributed by atoms with Crippen LogP contribution in [0, 0.1) is 0 Å². The third-order valence-electron chi connectivity index (χ3n) is 17.6. The van der Waals surface area contributed by atoms with Gasteiger partial charge in [-0.25, -0.2) is 0 Å². The third-order valence-corrected chi connectivity index (χ3v) is 19.9. The Kier molecular flexibility index (Phi) is 10.2. The van der Waals surface area contributed by atoms with E-state index in [1.807, 2.05) is 22.7 Å². The van der Waals surface area contributed by atoms with E-state index in [9.17, 15) is 0 Å². The summed E-state index contributed by atoms with van der Waals surface area (Å²) in [6.07, 6.45) is 2.32. The second kappa shape index (κ2) is 16.9. The fraction of sp³-hybridized carbons (Fsp3) is 0.167. The summed E-state index contributed by atoms with van der Waals surface area (Å²) in [5.74, 6) is 0. The van der Waals surface area contributed by atoms with Crippen LogP contribution in [-0.2, 0) is 16.2 Å². The molecule has 0 atom stereocenters. The summed E-state index contributed by atoms with van der Waals surface area (Å²) < 4.78 is 5.35. The number of nitrogens with zero attached hydrogens (tertiary/aromatic N) is 2. The van der Waals surface area contributed by atoms with Crippen LogP contribution in [0.5, 0.6) is 0 Å². The molecule has 12 aromatic rings. The Labute approximate surface area is 461 Å². The van der Waals surface area contributed by atoms with Gasteiger partial charge in [0.25, 0.3) is 0 Å². The van der Waals surface area contributed by atoms with Crippen molar-refractivity contribution in [2.45, 2.75) is 77.6 Å².